The molecule has 2 unspecified atom stereocenters. The number of ether oxygens (including phenoxy) is 2. The number of alkyl halides is 3. The number of carbonyl (C=O) groups is 1. The summed E-state index contributed by atoms with van der Waals surface area (Å²) >= 11 is 4.93. The lowest BCUT2D eigenvalue weighted by molar-refractivity contribution is -0.206. The van der Waals surface area contributed by atoms with Gasteiger partial charge in [-0.05, 0) is 31.5 Å². The predicted octanol–water partition coefficient (Wildman–Crippen LogP) is 3.84. The highest BCUT2D eigenvalue weighted by Crippen LogP contribution is 2.26. The zero-order valence-corrected chi connectivity index (χ0v) is 13.0. The Kier molecular flexibility index (Phi) is 6.12. The summed E-state index contributed by atoms with van der Waals surface area (Å²) in [6, 6.07) is 9.11. The van der Waals surface area contributed by atoms with Crippen LogP contribution in [-0.4, -0.2) is 48.3 Å². The Labute approximate surface area is 137 Å². The van der Waals surface area contributed by atoms with Gasteiger partial charge in [0, 0.05) is 24.7 Å². The molecule has 0 aliphatic carbocycles. The Hall–Kier alpha value is -1.47. The Morgan fingerprint density at radius 1 is 1.35 bits per heavy atom. The predicted molar refractivity (Wildman–Crippen MR) is 78.7 cm³/mol. The van der Waals surface area contributed by atoms with Crippen molar-refractivity contribution in [3.8, 4) is 5.75 Å². The van der Waals surface area contributed by atoms with Crippen LogP contribution in [0.4, 0.5) is 18.0 Å². The third-order valence-electron chi connectivity index (χ3n) is 3.53. The lowest BCUT2D eigenvalue weighted by Gasteiger charge is -2.35. The summed E-state index contributed by atoms with van der Waals surface area (Å²) in [4.78, 5) is 12.2. The van der Waals surface area contributed by atoms with Crippen molar-refractivity contribution < 1.29 is 27.4 Å². The maximum atomic E-state index is 12.9. The molecule has 8 heteroatoms. The van der Waals surface area contributed by atoms with Crippen molar-refractivity contribution >= 4 is 17.0 Å². The number of benzene rings is 1. The van der Waals surface area contributed by atoms with Crippen LogP contribution >= 0.6 is 11.6 Å². The zero-order valence-electron chi connectivity index (χ0n) is 12.3. The first-order valence-corrected chi connectivity index (χ1v) is 7.59. The average Bonchev–Trinajstić information content (AvgIpc) is 2.46. The first-order chi connectivity index (χ1) is 10.8. The smallest absolute Gasteiger partial charge is 0.426 e. The van der Waals surface area contributed by atoms with Gasteiger partial charge in [-0.3, -0.25) is 4.90 Å². The van der Waals surface area contributed by atoms with Gasteiger partial charge in [0.1, 0.15) is 11.9 Å². The monoisotopic (exact) mass is 351 g/mol. The summed E-state index contributed by atoms with van der Waals surface area (Å²) in [5.41, 5.74) is -1.46. The van der Waals surface area contributed by atoms with Crippen LogP contribution in [0.3, 0.4) is 0 Å². The Morgan fingerprint density at radius 2 is 2.04 bits per heavy atom. The SMILES string of the molecule is O=C(Cl)OC(CN1CCCC(Oc2ccccc2)C1)C(F)(F)F. The van der Waals surface area contributed by atoms with Gasteiger partial charge in [-0.25, -0.2) is 4.79 Å². The van der Waals surface area contributed by atoms with E-state index < -0.39 is 24.3 Å². The minimum Gasteiger partial charge on any atom is -0.489 e. The van der Waals surface area contributed by atoms with E-state index in [0.29, 0.717) is 25.3 Å². The number of nitrogens with zero attached hydrogens (tertiary/aromatic N) is 1. The van der Waals surface area contributed by atoms with Gasteiger partial charge in [0.15, 0.2) is 0 Å². The van der Waals surface area contributed by atoms with E-state index in [1.54, 1.807) is 17.0 Å². The van der Waals surface area contributed by atoms with Crippen LogP contribution in [0.25, 0.3) is 0 Å². The van der Waals surface area contributed by atoms with E-state index in [1.165, 1.54) is 0 Å². The highest BCUT2D eigenvalue weighted by Gasteiger charge is 2.44. The number of piperidine rings is 1. The fraction of sp³-hybridized carbons (Fsp3) is 0.533. The Morgan fingerprint density at radius 3 is 2.65 bits per heavy atom. The van der Waals surface area contributed by atoms with Crippen molar-refractivity contribution in [3.05, 3.63) is 30.3 Å². The molecular formula is C15H17ClF3NO3. The summed E-state index contributed by atoms with van der Waals surface area (Å²) in [5, 5.41) is 0. The zero-order chi connectivity index (χ0) is 16.9. The minimum absolute atomic E-state index is 0.202. The number of halogens is 4. The van der Waals surface area contributed by atoms with Crippen LogP contribution < -0.4 is 4.74 Å². The van der Waals surface area contributed by atoms with Crippen LogP contribution in [0.15, 0.2) is 30.3 Å². The number of para-hydroxylation sites is 1. The molecule has 23 heavy (non-hydrogen) atoms. The van der Waals surface area contributed by atoms with Gasteiger partial charge >= 0.3 is 11.6 Å². The van der Waals surface area contributed by atoms with Gasteiger partial charge < -0.3 is 9.47 Å². The molecule has 128 valence electrons. The lowest BCUT2D eigenvalue weighted by Crippen LogP contribution is -2.48. The van der Waals surface area contributed by atoms with Crippen LogP contribution in [0, 0.1) is 0 Å². The fourth-order valence-corrected chi connectivity index (χ4v) is 2.63. The van der Waals surface area contributed by atoms with Gasteiger partial charge in [0.2, 0.25) is 6.10 Å². The summed E-state index contributed by atoms with van der Waals surface area (Å²) in [7, 11) is 0. The van der Waals surface area contributed by atoms with Crippen LogP contribution in [0.2, 0.25) is 0 Å². The molecule has 1 aliphatic rings. The number of hydrogen-bond donors (Lipinski definition) is 0. The second-order valence-electron chi connectivity index (χ2n) is 5.34. The maximum absolute atomic E-state index is 12.9. The van der Waals surface area contributed by atoms with Crippen molar-refractivity contribution in [1.82, 2.24) is 4.90 Å². The molecule has 1 aliphatic heterocycles. The molecule has 1 aromatic rings. The Bertz CT molecular complexity index is 512. The molecule has 0 spiro atoms. The molecule has 1 heterocycles. The molecule has 0 bridgehead atoms. The summed E-state index contributed by atoms with van der Waals surface area (Å²) in [6.07, 6.45) is -5.62. The molecule has 1 saturated heterocycles. The van der Waals surface area contributed by atoms with Crippen molar-refractivity contribution in [3.63, 3.8) is 0 Å². The lowest BCUT2D eigenvalue weighted by atomic mass is 10.1. The molecule has 0 N–H and O–H groups in total. The summed E-state index contributed by atoms with van der Waals surface area (Å²) in [5.74, 6) is 0.680. The van der Waals surface area contributed by atoms with E-state index in [4.69, 9.17) is 16.3 Å². The van der Waals surface area contributed by atoms with Gasteiger partial charge in [-0.15, -0.1) is 0 Å². The van der Waals surface area contributed by atoms with E-state index in [1.807, 2.05) is 18.2 Å². The van der Waals surface area contributed by atoms with E-state index in [2.05, 4.69) is 4.74 Å². The average molecular weight is 352 g/mol. The molecule has 0 radical (unpaired) electrons. The van der Waals surface area contributed by atoms with E-state index in [-0.39, 0.29) is 6.10 Å². The van der Waals surface area contributed by atoms with E-state index in [9.17, 15) is 18.0 Å². The number of hydrogen-bond acceptors (Lipinski definition) is 4. The molecule has 4 nitrogen and oxygen atoms in total. The summed E-state index contributed by atoms with van der Waals surface area (Å²) < 4.78 is 48.6. The number of rotatable bonds is 5. The third kappa shape index (κ3) is 5.91. The van der Waals surface area contributed by atoms with Crippen LogP contribution in [0.5, 0.6) is 5.75 Å². The molecule has 0 saturated carbocycles. The van der Waals surface area contributed by atoms with Crippen LogP contribution in [0.1, 0.15) is 12.8 Å². The van der Waals surface area contributed by atoms with E-state index in [0.717, 1.165) is 6.42 Å². The van der Waals surface area contributed by atoms with E-state index >= 15 is 0 Å². The van der Waals surface area contributed by atoms with Gasteiger partial charge in [-0.2, -0.15) is 13.2 Å². The molecule has 1 fully saturated rings. The first kappa shape index (κ1) is 17.9. The number of likely N-dealkylation sites (tertiary alicyclic amines) is 1. The molecule has 2 atom stereocenters. The first-order valence-electron chi connectivity index (χ1n) is 7.21. The summed E-state index contributed by atoms with van der Waals surface area (Å²) in [6.45, 7) is 0.374. The van der Waals surface area contributed by atoms with Crippen molar-refractivity contribution in [2.24, 2.45) is 0 Å². The van der Waals surface area contributed by atoms with Crippen LogP contribution in [-0.2, 0) is 4.74 Å². The normalized spacial score (nSPS) is 20.8. The van der Waals surface area contributed by atoms with Crippen molar-refractivity contribution in [1.29, 1.82) is 0 Å². The Balaban J connectivity index is 1.93. The minimum atomic E-state index is -4.65. The topological polar surface area (TPSA) is 38.8 Å². The van der Waals surface area contributed by atoms with Gasteiger partial charge in [-0.1, -0.05) is 18.2 Å². The van der Waals surface area contributed by atoms with Gasteiger partial charge in [0.25, 0.3) is 0 Å². The largest absolute Gasteiger partial charge is 0.489 e. The highest BCUT2D eigenvalue weighted by molar-refractivity contribution is 6.61. The fourth-order valence-electron chi connectivity index (χ4n) is 2.52. The van der Waals surface area contributed by atoms with Gasteiger partial charge in [0.05, 0.1) is 0 Å². The second-order valence-corrected chi connectivity index (χ2v) is 5.65. The van der Waals surface area contributed by atoms with Crippen molar-refractivity contribution in [2.75, 3.05) is 19.6 Å². The molecule has 2 rings (SSSR count). The standard InChI is InChI=1S/C15H17ClF3NO3/c16-14(21)23-13(15(17,18)19)10-20-8-4-7-12(9-20)22-11-5-2-1-3-6-11/h1-3,5-6,12-13H,4,7-10H2. The molecule has 0 amide bonds. The molecular weight excluding hydrogens is 335 g/mol. The molecule has 1 aromatic carbocycles. The quantitative estimate of drug-likeness (QED) is 0.756. The maximum Gasteiger partial charge on any atom is 0.426 e. The number of carbonyl (C=O) groups excluding carboxylic acids is 1. The second kappa shape index (κ2) is 7.88. The molecule has 0 aromatic heterocycles. The third-order valence-corrected chi connectivity index (χ3v) is 3.62. The van der Waals surface area contributed by atoms with Crippen molar-refractivity contribution in [2.45, 2.75) is 31.2 Å². The highest BCUT2D eigenvalue weighted by atomic mass is 35.5.